The maximum absolute atomic E-state index is 12.4. The molecule has 10 atom stereocenters. The van der Waals surface area contributed by atoms with Crippen molar-refractivity contribution in [2.75, 3.05) is 6.54 Å². The second kappa shape index (κ2) is 10.7. The molecule has 3 unspecified atom stereocenters. The summed E-state index contributed by atoms with van der Waals surface area (Å²) < 4.78 is 0. The molecule has 0 bridgehead atoms. The minimum Gasteiger partial charge on any atom is -0.393 e. The number of amides is 2. The van der Waals surface area contributed by atoms with Gasteiger partial charge in [0.1, 0.15) is 0 Å². The van der Waals surface area contributed by atoms with Crippen LogP contribution in [-0.4, -0.2) is 46.0 Å². The van der Waals surface area contributed by atoms with E-state index < -0.39 is 5.91 Å². The predicted molar refractivity (Wildman–Crippen MR) is 133 cm³/mol. The van der Waals surface area contributed by atoms with Gasteiger partial charge in [0.15, 0.2) is 0 Å². The number of hydrogen-bond donors (Lipinski definition) is 5. The number of rotatable bonds is 8. The van der Waals surface area contributed by atoms with Crippen LogP contribution >= 0.6 is 0 Å². The summed E-state index contributed by atoms with van der Waals surface area (Å²) in [5, 5.41) is 33.1. The Morgan fingerprint density at radius 2 is 1.66 bits per heavy atom. The Morgan fingerprint density at radius 3 is 2.40 bits per heavy atom. The minimum absolute atomic E-state index is 0.0332. The predicted octanol–water partition coefficient (Wildman–Crippen LogP) is 3.80. The molecule has 0 aliphatic heterocycles. The van der Waals surface area contributed by atoms with Crippen molar-refractivity contribution in [1.82, 2.24) is 10.8 Å². The Bertz CT molecular complexity index is 776. The summed E-state index contributed by atoms with van der Waals surface area (Å²) in [4.78, 5) is 23.4. The molecule has 0 spiro atoms. The topological polar surface area (TPSA) is 119 Å². The van der Waals surface area contributed by atoms with E-state index in [9.17, 15) is 19.8 Å². The Hall–Kier alpha value is -1.18. The quantitative estimate of drug-likeness (QED) is 0.201. The molecule has 0 aromatic carbocycles. The second-order valence-electron chi connectivity index (χ2n) is 13.0. The highest BCUT2D eigenvalue weighted by molar-refractivity contribution is 5.76. The van der Waals surface area contributed by atoms with Gasteiger partial charge >= 0.3 is 0 Å². The summed E-state index contributed by atoms with van der Waals surface area (Å²) >= 11 is 0. The van der Waals surface area contributed by atoms with E-state index in [2.05, 4.69) is 26.1 Å². The molecule has 4 saturated carbocycles. The highest BCUT2D eigenvalue weighted by Gasteiger charge is 2.62. The molecule has 7 heteroatoms. The first-order valence-electron chi connectivity index (χ1n) is 14.2. The third-order valence-corrected chi connectivity index (χ3v) is 11.3. The van der Waals surface area contributed by atoms with Crippen LogP contribution in [0.2, 0.25) is 0 Å². The fourth-order valence-electron chi connectivity index (χ4n) is 9.36. The summed E-state index contributed by atoms with van der Waals surface area (Å²) in [6, 6.07) is 0. The smallest absolute Gasteiger partial charge is 0.243 e. The normalized spacial score (nSPS) is 43.4. The van der Waals surface area contributed by atoms with Gasteiger partial charge in [-0.15, -0.1) is 0 Å². The first-order chi connectivity index (χ1) is 16.6. The van der Waals surface area contributed by atoms with Gasteiger partial charge in [-0.25, -0.2) is 5.48 Å². The van der Waals surface area contributed by atoms with Crippen LogP contribution < -0.4 is 10.8 Å². The molecule has 4 fully saturated rings. The van der Waals surface area contributed by atoms with Gasteiger partial charge in [-0.1, -0.05) is 20.8 Å². The highest BCUT2D eigenvalue weighted by atomic mass is 16.5. The summed E-state index contributed by atoms with van der Waals surface area (Å²) in [5.41, 5.74) is 2.09. The van der Waals surface area contributed by atoms with Gasteiger partial charge in [-0.3, -0.25) is 14.8 Å². The molecule has 0 aromatic rings. The van der Waals surface area contributed by atoms with E-state index >= 15 is 0 Å². The largest absolute Gasteiger partial charge is 0.393 e. The van der Waals surface area contributed by atoms with Gasteiger partial charge in [0.2, 0.25) is 11.8 Å². The van der Waals surface area contributed by atoms with E-state index in [0.29, 0.717) is 54.9 Å². The van der Waals surface area contributed by atoms with Crippen LogP contribution in [0.4, 0.5) is 0 Å². The van der Waals surface area contributed by atoms with E-state index in [0.717, 1.165) is 32.1 Å². The zero-order valence-corrected chi connectivity index (χ0v) is 22.0. The van der Waals surface area contributed by atoms with Crippen molar-refractivity contribution in [3.8, 4) is 0 Å². The van der Waals surface area contributed by atoms with Gasteiger partial charge in [0.05, 0.1) is 12.2 Å². The lowest BCUT2D eigenvalue weighted by Crippen LogP contribution is -2.58. The fourth-order valence-corrected chi connectivity index (χ4v) is 9.36. The molecule has 4 aliphatic carbocycles. The average Bonchev–Trinajstić information content (AvgIpc) is 3.18. The molecule has 200 valence electrons. The van der Waals surface area contributed by atoms with Crippen molar-refractivity contribution in [3.05, 3.63) is 0 Å². The Morgan fingerprint density at radius 1 is 0.943 bits per heavy atom. The van der Waals surface area contributed by atoms with Crippen LogP contribution in [-0.2, 0) is 9.59 Å². The standard InChI is InChI=1S/C28H48N2O5/c1-17(6-9-24(33)29-14-4-5-25(34)30-35)20-7-8-21-26-22(11-13-28(20,21)3)27(2)12-10-19(31)15-18(27)16-23(26)32/h17-23,26,31-32,35H,4-16H2,1-3H3,(H,29,33)(H,30,34)/t17-,18+,19-,20?,21?,22?,23+,26+,27+,28-/m1/s1. The van der Waals surface area contributed by atoms with Gasteiger partial charge in [0, 0.05) is 19.4 Å². The minimum atomic E-state index is -0.430. The summed E-state index contributed by atoms with van der Waals surface area (Å²) in [5.74, 6) is 2.59. The van der Waals surface area contributed by atoms with Crippen molar-refractivity contribution >= 4 is 11.8 Å². The molecular formula is C28H48N2O5. The van der Waals surface area contributed by atoms with E-state index in [-0.39, 0.29) is 35.4 Å². The first-order valence-corrected chi connectivity index (χ1v) is 14.2. The Balaban J connectivity index is 1.34. The Labute approximate surface area is 210 Å². The third kappa shape index (κ3) is 5.15. The number of hydrogen-bond acceptors (Lipinski definition) is 5. The van der Waals surface area contributed by atoms with Gasteiger partial charge in [-0.05, 0) is 111 Å². The fraction of sp³-hybridized carbons (Fsp3) is 0.929. The number of aliphatic hydroxyl groups is 2. The SMILES string of the molecule is C[C@H](CCC(=O)NCCCC(=O)NO)C1CCC2[C@H]3C(CC[C@@]21C)[C@@]1(C)CC[C@@H](O)C[C@H]1C[C@@H]3O. The molecule has 7 nitrogen and oxygen atoms in total. The van der Waals surface area contributed by atoms with E-state index in [4.69, 9.17) is 5.21 Å². The summed E-state index contributed by atoms with van der Waals surface area (Å²) in [7, 11) is 0. The molecule has 35 heavy (non-hydrogen) atoms. The Kier molecular flexibility index (Phi) is 8.19. The van der Waals surface area contributed by atoms with Crippen molar-refractivity contribution in [2.45, 2.75) is 110 Å². The van der Waals surface area contributed by atoms with Gasteiger partial charge < -0.3 is 15.5 Å². The molecule has 4 rings (SSSR count). The van der Waals surface area contributed by atoms with Crippen LogP contribution in [0.1, 0.15) is 97.8 Å². The molecule has 0 aromatic heterocycles. The maximum atomic E-state index is 12.4. The van der Waals surface area contributed by atoms with Gasteiger partial charge in [0.25, 0.3) is 0 Å². The molecule has 0 radical (unpaired) electrons. The van der Waals surface area contributed by atoms with Crippen molar-refractivity contribution < 1.29 is 25.0 Å². The van der Waals surface area contributed by atoms with Crippen LogP contribution in [0.5, 0.6) is 0 Å². The number of carbonyl (C=O) groups excluding carboxylic acids is 2. The first kappa shape index (κ1) is 26.9. The number of carbonyl (C=O) groups is 2. The number of hydroxylamine groups is 1. The lowest BCUT2D eigenvalue weighted by atomic mass is 9.43. The monoisotopic (exact) mass is 492 g/mol. The highest BCUT2D eigenvalue weighted by Crippen LogP contribution is 2.68. The summed E-state index contributed by atoms with van der Waals surface area (Å²) in [6.45, 7) is 7.68. The van der Waals surface area contributed by atoms with Gasteiger partial charge in [-0.2, -0.15) is 0 Å². The molecule has 5 N–H and O–H groups in total. The van der Waals surface area contributed by atoms with E-state index in [1.165, 1.54) is 25.7 Å². The molecule has 4 aliphatic rings. The van der Waals surface area contributed by atoms with Crippen LogP contribution in [0, 0.1) is 46.3 Å². The lowest BCUT2D eigenvalue weighted by molar-refractivity contribution is -0.174. The van der Waals surface area contributed by atoms with E-state index in [1.807, 2.05) is 0 Å². The zero-order valence-electron chi connectivity index (χ0n) is 22.0. The van der Waals surface area contributed by atoms with Crippen molar-refractivity contribution in [1.29, 1.82) is 0 Å². The zero-order chi connectivity index (χ0) is 25.4. The second-order valence-corrected chi connectivity index (χ2v) is 13.0. The van der Waals surface area contributed by atoms with Crippen LogP contribution in [0.25, 0.3) is 0 Å². The number of nitrogens with one attached hydrogen (secondary N) is 2. The molecule has 2 amide bonds. The number of fused-ring (bicyclic) bond motifs is 5. The average molecular weight is 493 g/mol. The van der Waals surface area contributed by atoms with E-state index in [1.54, 1.807) is 5.48 Å². The lowest BCUT2D eigenvalue weighted by Gasteiger charge is -2.62. The van der Waals surface area contributed by atoms with Crippen LogP contribution in [0.15, 0.2) is 0 Å². The van der Waals surface area contributed by atoms with Crippen molar-refractivity contribution in [3.63, 3.8) is 0 Å². The van der Waals surface area contributed by atoms with Crippen LogP contribution in [0.3, 0.4) is 0 Å². The number of aliphatic hydroxyl groups excluding tert-OH is 2. The maximum Gasteiger partial charge on any atom is 0.243 e. The molecule has 0 saturated heterocycles. The summed E-state index contributed by atoms with van der Waals surface area (Å²) in [6.07, 6.45) is 10.1. The third-order valence-electron chi connectivity index (χ3n) is 11.3. The van der Waals surface area contributed by atoms with Crippen molar-refractivity contribution in [2.24, 2.45) is 46.3 Å². The molecular weight excluding hydrogens is 444 g/mol. The molecule has 0 heterocycles.